The number of fused-ring (bicyclic) bond motifs is 3. The van der Waals surface area contributed by atoms with E-state index < -0.39 is 53.8 Å². The van der Waals surface area contributed by atoms with Gasteiger partial charge in [0.05, 0.1) is 12.1 Å². The van der Waals surface area contributed by atoms with Crippen molar-refractivity contribution in [2.75, 3.05) is 13.2 Å². The fraction of sp³-hybridized carbons (Fsp3) is 0.867. The molecule has 2 heterocycles. The van der Waals surface area contributed by atoms with E-state index >= 15 is 0 Å². The van der Waals surface area contributed by atoms with Gasteiger partial charge in [-0.1, -0.05) is 39.5 Å². The lowest BCUT2D eigenvalue weighted by Gasteiger charge is -2.36. The smallest absolute Gasteiger partial charge is 0.408 e. The van der Waals surface area contributed by atoms with E-state index in [9.17, 15) is 24.3 Å². The van der Waals surface area contributed by atoms with E-state index in [0.29, 0.717) is 19.6 Å². The number of alkyl carbamates (subject to hydrolysis) is 1. The van der Waals surface area contributed by atoms with Crippen LogP contribution in [-0.4, -0.2) is 88.9 Å². The Morgan fingerprint density at radius 2 is 1.73 bits per heavy atom. The van der Waals surface area contributed by atoms with Crippen molar-refractivity contribution in [3.8, 4) is 0 Å². The third kappa shape index (κ3) is 7.71. The summed E-state index contributed by atoms with van der Waals surface area (Å²) in [5.74, 6) is -1.19. The molecule has 0 aromatic heterocycles. The van der Waals surface area contributed by atoms with E-state index in [1.54, 1.807) is 32.6 Å². The van der Waals surface area contributed by atoms with Crippen LogP contribution < -0.4 is 16.0 Å². The molecule has 2 aliphatic heterocycles. The highest BCUT2D eigenvalue weighted by molar-refractivity contribution is 5.94. The van der Waals surface area contributed by atoms with Crippen LogP contribution in [0.2, 0.25) is 0 Å². The standard InChI is InChI=1S/C30H50N4O7/c1-17-22(33-28(39)41-29(2,3)4)27(38)34-16-19-21(30(19,5)6)23(34)25(36)32-20(12-10-8-7-9-11-15-40-17)24(35)26(37)31-18-13-14-18/h17-24,35H,7-16H2,1-6H3,(H,31,37)(H,32,36)(H,33,39)/t17-,19-,20-,21-,22-,23-,24?/m0/s1. The number of carbonyl (C=O) groups is 4. The van der Waals surface area contributed by atoms with Crippen LogP contribution in [0.25, 0.3) is 0 Å². The Hall–Kier alpha value is -2.40. The molecule has 4 rings (SSSR count). The van der Waals surface area contributed by atoms with Gasteiger partial charge in [-0.25, -0.2) is 4.79 Å². The molecule has 2 saturated carbocycles. The van der Waals surface area contributed by atoms with E-state index in [-0.39, 0.29) is 29.2 Å². The molecule has 4 aliphatic rings. The molecule has 232 valence electrons. The molecule has 0 radical (unpaired) electrons. The second kappa shape index (κ2) is 12.5. The molecule has 2 saturated heterocycles. The first-order valence-corrected chi connectivity index (χ1v) is 15.4. The maximum atomic E-state index is 14.1. The topological polar surface area (TPSA) is 146 Å². The van der Waals surface area contributed by atoms with Crippen LogP contribution in [-0.2, 0) is 23.9 Å². The van der Waals surface area contributed by atoms with Crippen LogP contribution in [0.15, 0.2) is 0 Å². The minimum absolute atomic E-state index is 0.0678. The summed E-state index contributed by atoms with van der Waals surface area (Å²) >= 11 is 0. The molecule has 0 aromatic rings. The fourth-order valence-corrected chi connectivity index (χ4v) is 6.44. The van der Waals surface area contributed by atoms with E-state index in [4.69, 9.17) is 9.47 Å². The molecule has 0 spiro atoms. The van der Waals surface area contributed by atoms with Gasteiger partial charge in [-0.3, -0.25) is 14.4 Å². The summed E-state index contributed by atoms with van der Waals surface area (Å²) in [4.78, 5) is 55.1. The highest BCUT2D eigenvalue weighted by Gasteiger charge is 2.69. The predicted octanol–water partition coefficient (Wildman–Crippen LogP) is 2.25. The lowest BCUT2D eigenvalue weighted by Crippen LogP contribution is -2.61. The molecule has 11 heteroatoms. The number of aliphatic hydroxyl groups excluding tert-OH is 1. The van der Waals surface area contributed by atoms with E-state index in [0.717, 1.165) is 44.9 Å². The van der Waals surface area contributed by atoms with Gasteiger partial charge in [0.15, 0.2) is 6.10 Å². The zero-order valence-corrected chi connectivity index (χ0v) is 25.5. The van der Waals surface area contributed by atoms with Crippen LogP contribution in [0.4, 0.5) is 4.79 Å². The van der Waals surface area contributed by atoms with Crippen LogP contribution in [0.3, 0.4) is 0 Å². The van der Waals surface area contributed by atoms with E-state index in [1.165, 1.54) is 0 Å². The molecule has 1 unspecified atom stereocenters. The Bertz CT molecular complexity index is 992. The molecule has 4 N–H and O–H groups in total. The van der Waals surface area contributed by atoms with Gasteiger partial charge < -0.3 is 35.4 Å². The predicted molar refractivity (Wildman–Crippen MR) is 152 cm³/mol. The molecular formula is C30H50N4O7. The maximum Gasteiger partial charge on any atom is 0.408 e. The van der Waals surface area contributed by atoms with Gasteiger partial charge >= 0.3 is 6.09 Å². The van der Waals surface area contributed by atoms with Crippen molar-refractivity contribution < 1.29 is 33.8 Å². The third-order valence-corrected chi connectivity index (χ3v) is 9.11. The molecule has 4 amide bonds. The van der Waals surface area contributed by atoms with Crippen LogP contribution in [0, 0.1) is 17.3 Å². The Morgan fingerprint density at radius 3 is 2.39 bits per heavy atom. The molecule has 0 bridgehead atoms. The third-order valence-electron chi connectivity index (χ3n) is 9.11. The number of rotatable bonds is 4. The molecule has 11 nitrogen and oxygen atoms in total. The number of piperidine rings is 1. The van der Waals surface area contributed by atoms with Crippen LogP contribution in [0.5, 0.6) is 0 Å². The van der Waals surface area contributed by atoms with Crippen molar-refractivity contribution in [3.05, 3.63) is 0 Å². The van der Waals surface area contributed by atoms with Crippen molar-refractivity contribution in [1.82, 2.24) is 20.9 Å². The van der Waals surface area contributed by atoms with Gasteiger partial charge in [-0.2, -0.15) is 0 Å². The Morgan fingerprint density at radius 1 is 1.07 bits per heavy atom. The second-order valence-corrected chi connectivity index (χ2v) is 14.0. The summed E-state index contributed by atoms with van der Waals surface area (Å²) in [5, 5.41) is 19.5. The first-order valence-electron chi connectivity index (χ1n) is 15.4. The van der Waals surface area contributed by atoms with Crippen LogP contribution >= 0.6 is 0 Å². The Balaban J connectivity index is 1.58. The molecule has 41 heavy (non-hydrogen) atoms. The summed E-state index contributed by atoms with van der Waals surface area (Å²) in [6, 6.07) is -2.50. The lowest BCUT2D eigenvalue weighted by atomic mass is 9.97. The fourth-order valence-electron chi connectivity index (χ4n) is 6.44. The molecule has 2 aliphatic carbocycles. The monoisotopic (exact) mass is 578 g/mol. The normalized spacial score (nSPS) is 33.6. The number of carbonyl (C=O) groups excluding carboxylic acids is 4. The van der Waals surface area contributed by atoms with E-state index in [2.05, 4.69) is 29.8 Å². The van der Waals surface area contributed by atoms with Gasteiger partial charge in [-0.15, -0.1) is 0 Å². The molecule has 0 aromatic carbocycles. The average molecular weight is 579 g/mol. The molecule has 4 fully saturated rings. The van der Waals surface area contributed by atoms with Crippen molar-refractivity contribution >= 4 is 23.8 Å². The Labute approximate surface area is 243 Å². The number of nitrogens with one attached hydrogen (secondary N) is 3. The number of hydrogen-bond donors (Lipinski definition) is 4. The highest BCUT2D eigenvalue weighted by Crippen LogP contribution is 2.65. The van der Waals surface area contributed by atoms with Crippen LogP contribution in [0.1, 0.15) is 92.9 Å². The van der Waals surface area contributed by atoms with Crippen molar-refractivity contribution in [2.24, 2.45) is 17.3 Å². The summed E-state index contributed by atoms with van der Waals surface area (Å²) in [5.41, 5.74) is -0.883. The summed E-state index contributed by atoms with van der Waals surface area (Å²) < 4.78 is 11.5. The first kappa shape index (κ1) is 31.5. The van der Waals surface area contributed by atoms with Crippen molar-refractivity contribution in [3.63, 3.8) is 0 Å². The average Bonchev–Trinajstić information content (AvgIpc) is 3.72. The van der Waals surface area contributed by atoms with Crippen molar-refractivity contribution in [2.45, 2.75) is 135 Å². The minimum Gasteiger partial charge on any atom is -0.444 e. The number of aliphatic hydroxyl groups is 1. The number of nitrogens with zero attached hydrogens (tertiary/aromatic N) is 1. The highest BCUT2D eigenvalue weighted by atomic mass is 16.6. The number of amides is 4. The summed E-state index contributed by atoms with van der Waals surface area (Å²) in [6.07, 6.45) is 3.82. The summed E-state index contributed by atoms with van der Waals surface area (Å²) in [6.45, 7) is 12.0. The molecular weight excluding hydrogens is 528 g/mol. The Kier molecular flexibility index (Phi) is 9.58. The van der Waals surface area contributed by atoms with Gasteiger partial charge in [0, 0.05) is 19.2 Å². The second-order valence-electron chi connectivity index (χ2n) is 14.0. The summed E-state index contributed by atoms with van der Waals surface area (Å²) in [7, 11) is 0. The van der Waals surface area contributed by atoms with Gasteiger partial charge in [0.1, 0.15) is 17.7 Å². The zero-order valence-electron chi connectivity index (χ0n) is 25.5. The zero-order chi connectivity index (χ0) is 30.1. The van der Waals surface area contributed by atoms with Gasteiger partial charge in [-0.05, 0) is 70.6 Å². The lowest BCUT2D eigenvalue weighted by molar-refractivity contribution is -0.145. The number of ether oxygens (including phenoxy) is 2. The van der Waals surface area contributed by atoms with E-state index in [1.807, 2.05) is 0 Å². The molecule has 7 atom stereocenters. The largest absolute Gasteiger partial charge is 0.444 e. The quantitative estimate of drug-likeness (QED) is 0.400. The maximum absolute atomic E-state index is 14.1. The SMILES string of the molecule is C[C@@H]1OCCCCCCC[C@@H](C(O)C(=O)NC2CC2)NC(=O)[C@@H]2[C@@H]3[C@H](CN2C(=O)[C@H]1NC(=O)OC(C)(C)C)C3(C)C. The van der Waals surface area contributed by atoms with Gasteiger partial charge in [0.25, 0.3) is 5.91 Å². The number of hydrogen-bond acceptors (Lipinski definition) is 7. The van der Waals surface area contributed by atoms with Crippen molar-refractivity contribution in [1.29, 1.82) is 0 Å². The first-order chi connectivity index (χ1) is 19.2. The van der Waals surface area contributed by atoms with Gasteiger partial charge in [0.2, 0.25) is 11.8 Å². The minimum atomic E-state index is -1.37.